The van der Waals surface area contributed by atoms with Crippen LogP contribution in [0.25, 0.3) is 0 Å². The monoisotopic (exact) mass is 453 g/mol. The van der Waals surface area contributed by atoms with E-state index in [-0.39, 0.29) is 41.6 Å². The second-order valence-electron chi connectivity index (χ2n) is 9.55. The van der Waals surface area contributed by atoms with Crippen molar-refractivity contribution in [3.8, 4) is 0 Å². The molecule has 0 unspecified atom stereocenters. The molecule has 3 heterocycles. The smallest absolute Gasteiger partial charge is 0.309 e. The third kappa shape index (κ3) is 4.00. The number of fused-ring (bicyclic) bond motifs is 1. The number of likely N-dealkylation sites (tertiary alicyclic amines) is 1. The molecule has 1 aromatic carbocycles. The van der Waals surface area contributed by atoms with E-state index in [9.17, 15) is 19.2 Å². The number of nitrogens with zero attached hydrogens (tertiary/aromatic N) is 3. The summed E-state index contributed by atoms with van der Waals surface area (Å²) in [6.07, 6.45) is 4.71. The first-order chi connectivity index (χ1) is 16.0. The average molecular weight is 454 g/mol. The van der Waals surface area contributed by atoms with Crippen LogP contribution in [0.2, 0.25) is 0 Å². The molecule has 1 atom stereocenters. The van der Waals surface area contributed by atoms with Gasteiger partial charge in [0.05, 0.1) is 35.3 Å². The number of hydrogen-bond acceptors (Lipinski definition) is 6. The van der Waals surface area contributed by atoms with E-state index in [0.29, 0.717) is 50.2 Å². The highest BCUT2D eigenvalue weighted by molar-refractivity contribution is 6.24. The van der Waals surface area contributed by atoms with Crippen LogP contribution in [0.15, 0.2) is 18.2 Å². The van der Waals surface area contributed by atoms with E-state index in [1.807, 2.05) is 17.0 Å². The Morgan fingerprint density at radius 3 is 2.42 bits per heavy atom. The Morgan fingerprint density at radius 2 is 1.73 bits per heavy atom. The van der Waals surface area contributed by atoms with Gasteiger partial charge in [-0.05, 0) is 57.6 Å². The van der Waals surface area contributed by atoms with Gasteiger partial charge < -0.3 is 14.5 Å². The molecule has 8 nitrogen and oxygen atoms in total. The molecule has 1 saturated carbocycles. The molecule has 33 heavy (non-hydrogen) atoms. The summed E-state index contributed by atoms with van der Waals surface area (Å²) >= 11 is 0. The Bertz CT molecular complexity index is 980. The lowest BCUT2D eigenvalue weighted by Crippen LogP contribution is -2.48. The third-order valence-electron chi connectivity index (χ3n) is 7.37. The highest BCUT2D eigenvalue weighted by Crippen LogP contribution is 2.39. The zero-order chi connectivity index (χ0) is 23.1. The van der Waals surface area contributed by atoms with Crippen LogP contribution >= 0.6 is 0 Å². The van der Waals surface area contributed by atoms with Crippen LogP contribution in [0.1, 0.15) is 66.2 Å². The molecule has 0 spiro atoms. The molecule has 176 valence electrons. The fourth-order valence-electron chi connectivity index (χ4n) is 5.46. The first-order valence-corrected chi connectivity index (χ1v) is 12.2. The van der Waals surface area contributed by atoms with Gasteiger partial charge >= 0.3 is 5.97 Å². The minimum absolute atomic E-state index is 0.0402. The van der Waals surface area contributed by atoms with Crippen LogP contribution in [0.5, 0.6) is 0 Å². The van der Waals surface area contributed by atoms with Crippen LogP contribution in [0.4, 0.5) is 5.69 Å². The Morgan fingerprint density at radius 1 is 0.970 bits per heavy atom. The Hall–Kier alpha value is -2.90. The zero-order valence-electron chi connectivity index (χ0n) is 19.1. The van der Waals surface area contributed by atoms with E-state index in [1.54, 1.807) is 13.0 Å². The summed E-state index contributed by atoms with van der Waals surface area (Å²) in [6.45, 7) is 4.63. The van der Waals surface area contributed by atoms with Gasteiger partial charge in [0.1, 0.15) is 0 Å². The van der Waals surface area contributed by atoms with Crippen molar-refractivity contribution in [2.75, 3.05) is 37.7 Å². The van der Waals surface area contributed by atoms with Crippen molar-refractivity contribution in [2.24, 2.45) is 11.8 Å². The number of rotatable bonds is 5. The number of imide groups is 1. The summed E-state index contributed by atoms with van der Waals surface area (Å²) in [5, 5.41) is 0. The molecule has 3 fully saturated rings. The predicted molar refractivity (Wildman–Crippen MR) is 121 cm³/mol. The molecule has 4 aliphatic rings. The van der Waals surface area contributed by atoms with Gasteiger partial charge in [-0.1, -0.05) is 6.07 Å². The second-order valence-corrected chi connectivity index (χ2v) is 9.55. The second kappa shape index (κ2) is 8.80. The number of ether oxygens (including phenoxy) is 1. The average Bonchev–Trinajstić information content (AvgIpc) is 3.64. The summed E-state index contributed by atoms with van der Waals surface area (Å²) in [6, 6.07) is 5.51. The van der Waals surface area contributed by atoms with E-state index in [2.05, 4.69) is 4.90 Å². The van der Waals surface area contributed by atoms with Gasteiger partial charge in [-0.3, -0.25) is 24.1 Å². The van der Waals surface area contributed by atoms with Gasteiger partial charge in [-0.25, -0.2) is 0 Å². The van der Waals surface area contributed by atoms with E-state index >= 15 is 0 Å². The molecule has 0 radical (unpaired) electrons. The van der Waals surface area contributed by atoms with Crippen molar-refractivity contribution in [1.82, 2.24) is 9.80 Å². The fourth-order valence-corrected chi connectivity index (χ4v) is 5.46. The van der Waals surface area contributed by atoms with Crippen LogP contribution in [0.3, 0.4) is 0 Å². The largest absolute Gasteiger partial charge is 0.466 e. The summed E-state index contributed by atoms with van der Waals surface area (Å²) in [7, 11) is 0. The summed E-state index contributed by atoms with van der Waals surface area (Å²) in [5.41, 5.74) is 1.75. The first kappa shape index (κ1) is 21.9. The van der Waals surface area contributed by atoms with Gasteiger partial charge in [-0.2, -0.15) is 0 Å². The van der Waals surface area contributed by atoms with Crippen LogP contribution in [0, 0.1) is 11.8 Å². The van der Waals surface area contributed by atoms with Crippen LogP contribution in [-0.2, 0) is 14.3 Å². The van der Waals surface area contributed by atoms with E-state index < -0.39 is 0 Å². The highest BCUT2D eigenvalue weighted by atomic mass is 16.5. The number of carbonyl (C=O) groups is 4. The van der Waals surface area contributed by atoms with Crippen molar-refractivity contribution >= 4 is 29.4 Å². The highest BCUT2D eigenvalue weighted by Gasteiger charge is 2.46. The fraction of sp³-hybridized carbons (Fsp3) is 0.600. The molecular weight excluding hydrogens is 422 g/mol. The van der Waals surface area contributed by atoms with Gasteiger partial charge in [0.25, 0.3) is 11.8 Å². The van der Waals surface area contributed by atoms with Gasteiger partial charge in [-0.15, -0.1) is 0 Å². The maximum atomic E-state index is 13.3. The predicted octanol–water partition coefficient (Wildman–Crippen LogP) is 2.46. The first-order valence-electron chi connectivity index (χ1n) is 12.2. The van der Waals surface area contributed by atoms with Crippen molar-refractivity contribution in [2.45, 2.75) is 51.5 Å². The minimum Gasteiger partial charge on any atom is -0.466 e. The normalized spacial score (nSPS) is 23.7. The van der Waals surface area contributed by atoms with Gasteiger partial charge in [0.2, 0.25) is 5.91 Å². The summed E-state index contributed by atoms with van der Waals surface area (Å²) in [4.78, 5) is 56.6. The van der Waals surface area contributed by atoms with Crippen molar-refractivity contribution < 1.29 is 23.9 Å². The molecule has 2 saturated heterocycles. The molecule has 3 aliphatic heterocycles. The number of piperidine rings is 2. The summed E-state index contributed by atoms with van der Waals surface area (Å²) < 4.78 is 5.13. The summed E-state index contributed by atoms with van der Waals surface area (Å²) in [5.74, 6) is -0.694. The molecule has 1 aliphatic carbocycles. The molecule has 0 bridgehead atoms. The number of hydrogen-bond donors (Lipinski definition) is 0. The molecule has 1 aromatic rings. The van der Waals surface area contributed by atoms with Crippen molar-refractivity contribution in [3.05, 3.63) is 29.3 Å². The number of anilines is 1. The third-order valence-corrected chi connectivity index (χ3v) is 7.37. The van der Waals surface area contributed by atoms with Crippen LogP contribution in [-0.4, -0.2) is 72.3 Å². The van der Waals surface area contributed by atoms with Crippen LogP contribution < -0.4 is 4.90 Å². The number of benzene rings is 1. The standard InChI is InChI=1S/C25H31N3O5/c1-2-33-25(32)16-10-13-26(14-11-16)22(29)17-5-4-12-27(15-17)20-7-3-6-19-21(20)24(31)28(23(19)30)18-8-9-18/h3,6-7,16-18H,2,4-5,8-15H2,1H3/t17-/m0/s1. The molecule has 5 rings (SSSR count). The van der Waals surface area contributed by atoms with E-state index in [0.717, 1.165) is 37.9 Å². The molecular formula is C25H31N3O5. The van der Waals surface area contributed by atoms with Crippen molar-refractivity contribution in [1.29, 1.82) is 0 Å². The van der Waals surface area contributed by atoms with E-state index in [4.69, 9.17) is 4.74 Å². The maximum absolute atomic E-state index is 13.3. The quantitative estimate of drug-likeness (QED) is 0.503. The lowest BCUT2D eigenvalue weighted by atomic mass is 9.92. The van der Waals surface area contributed by atoms with E-state index in [1.165, 1.54) is 4.90 Å². The minimum atomic E-state index is -0.192. The molecule has 3 amide bonds. The maximum Gasteiger partial charge on any atom is 0.309 e. The topological polar surface area (TPSA) is 87.2 Å². The lowest BCUT2D eigenvalue weighted by Gasteiger charge is -2.38. The molecule has 8 heteroatoms. The van der Waals surface area contributed by atoms with Gasteiger partial charge in [0, 0.05) is 32.2 Å². The Kier molecular flexibility index (Phi) is 5.85. The Balaban J connectivity index is 1.27. The Labute approximate surface area is 193 Å². The molecule has 0 aromatic heterocycles. The zero-order valence-corrected chi connectivity index (χ0v) is 19.1. The van der Waals surface area contributed by atoms with Crippen molar-refractivity contribution in [3.63, 3.8) is 0 Å². The van der Waals surface area contributed by atoms with Gasteiger partial charge in [0.15, 0.2) is 0 Å². The lowest BCUT2D eigenvalue weighted by molar-refractivity contribution is -0.151. The SMILES string of the molecule is CCOC(=O)C1CCN(C(=O)[C@H]2CCCN(c3cccc4c3C(=O)N(C3CC3)C4=O)C2)CC1. The number of esters is 1. The number of carbonyl (C=O) groups excluding carboxylic acids is 4. The molecule has 0 N–H and O–H groups in total. The number of amides is 3.